The zero-order chi connectivity index (χ0) is 17.1. The quantitative estimate of drug-likeness (QED) is 0.840. The van der Waals surface area contributed by atoms with Crippen molar-refractivity contribution in [2.24, 2.45) is 0 Å². The van der Waals surface area contributed by atoms with Gasteiger partial charge in [0.2, 0.25) is 0 Å². The Bertz CT molecular complexity index is 698. The van der Waals surface area contributed by atoms with Crippen LogP contribution in [0.3, 0.4) is 0 Å². The Morgan fingerprint density at radius 2 is 2.12 bits per heavy atom. The molecule has 1 aliphatic heterocycles. The van der Waals surface area contributed by atoms with Crippen LogP contribution < -0.4 is 4.74 Å². The second-order valence-corrected chi connectivity index (χ2v) is 6.43. The van der Waals surface area contributed by atoms with Crippen LogP contribution in [-0.2, 0) is 17.8 Å². The van der Waals surface area contributed by atoms with Crippen LogP contribution in [-0.4, -0.2) is 52.6 Å². The van der Waals surface area contributed by atoms with Crippen molar-refractivity contribution in [1.82, 2.24) is 19.7 Å². The third-order valence-electron chi connectivity index (χ3n) is 4.39. The van der Waals surface area contributed by atoms with Crippen molar-refractivity contribution in [2.45, 2.75) is 40.0 Å². The molecule has 0 bridgehead atoms. The fraction of sp³-hybridized carbons (Fsp3) is 0.556. The molecule has 0 amide bonds. The minimum absolute atomic E-state index is 0.134. The number of morpholine rings is 1. The molecule has 0 aliphatic carbocycles. The Morgan fingerprint density at radius 1 is 1.29 bits per heavy atom. The van der Waals surface area contributed by atoms with E-state index in [0.717, 1.165) is 50.2 Å². The maximum Gasteiger partial charge on any atom is 0.147 e. The molecule has 0 radical (unpaired) electrons. The highest BCUT2D eigenvalue weighted by molar-refractivity contribution is 5.36. The van der Waals surface area contributed by atoms with Crippen LogP contribution in [0.5, 0.6) is 5.75 Å². The first kappa shape index (κ1) is 16.9. The molecule has 0 saturated carbocycles. The van der Waals surface area contributed by atoms with Gasteiger partial charge >= 0.3 is 0 Å². The van der Waals surface area contributed by atoms with E-state index in [4.69, 9.17) is 9.47 Å². The molecule has 130 valence electrons. The van der Waals surface area contributed by atoms with Gasteiger partial charge in [0.1, 0.15) is 17.4 Å². The summed E-state index contributed by atoms with van der Waals surface area (Å²) in [6, 6.07) is 6.33. The van der Waals surface area contributed by atoms with Crippen molar-refractivity contribution in [3.8, 4) is 5.75 Å². The summed E-state index contributed by atoms with van der Waals surface area (Å²) in [5, 5.41) is 4.44. The summed E-state index contributed by atoms with van der Waals surface area (Å²) in [5.74, 6) is 2.70. The van der Waals surface area contributed by atoms with Gasteiger partial charge in [-0.2, -0.15) is 5.10 Å². The van der Waals surface area contributed by atoms with E-state index >= 15 is 0 Å². The molecule has 24 heavy (non-hydrogen) atoms. The summed E-state index contributed by atoms with van der Waals surface area (Å²) in [6.45, 7) is 10.2. The van der Waals surface area contributed by atoms with Gasteiger partial charge in [-0.05, 0) is 26.8 Å². The number of hydrogen-bond acceptors (Lipinski definition) is 5. The van der Waals surface area contributed by atoms with Crippen molar-refractivity contribution >= 4 is 0 Å². The van der Waals surface area contributed by atoms with Crippen LogP contribution in [0.25, 0.3) is 0 Å². The summed E-state index contributed by atoms with van der Waals surface area (Å²) >= 11 is 0. The summed E-state index contributed by atoms with van der Waals surface area (Å²) in [6.07, 6.45) is 0.134. The fourth-order valence-corrected chi connectivity index (χ4v) is 3.23. The molecule has 1 atom stereocenters. The third-order valence-corrected chi connectivity index (χ3v) is 4.39. The van der Waals surface area contributed by atoms with Crippen LogP contribution in [0.15, 0.2) is 18.2 Å². The van der Waals surface area contributed by atoms with Gasteiger partial charge in [0, 0.05) is 25.2 Å². The molecule has 0 N–H and O–H groups in total. The van der Waals surface area contributed by atoms with E-state index in [2.05, 4.69) is 34.0 Å². The SMILES string of the molecule is COc1ccc(C)cc1CN1CCOC(Cn2nc(C)nc2C)C1. The molecule has 1 aliphatic rings. The van der Waals surface area contributed by atoms with Gasteiger partial charge in [0.25, 0.3) is 0 Å². The monoisotopic (exact) mass is 330 g/mol. The first-order chi connectivity index (χ1) is 11.5. The normalized spacial score (nSPS) is 18.8. The van der Waals surface area contributed by atoms with Crippen molar-refractivity contribution < 1.29 is 9.47 Å². The first-order valence-corrected chi connectivity index (χ1v) is 8.40. The molecular formula is C18H26N4O2. The molecule has 2 aromatic rings. The predicted molar refractivity (Wildman–Crippen MR) is 92.2 cm³/mol. The van der Waals surface area contributed by atoms with Crippen LogP contribution >= 0.6 is 0 Å². The van der Waals surface area contributed by atoms with E-state index in [0.29, 0.717) is 0 Å². The van der Waals surface area contributed by atoms with Gasteiger partial charge in [0.15, 0.2) is 0 Å². The Morgan fingerprint density at radius 3 is 2.83 bits per heavy atom. The molecule has 3 rings (SSSR count). The number of aryl methyl sites for hydroxylation is 3. The van der Waals surface area contributed by atoms with Gasteiger partial charge in [-0.3, -0.25) is 4.90 Å². The van der Waals surface area contributed by atoms with E-state index in [9.17, 15) is 0 Å². The summed E-state index contributed by atoms with van der Waals surface area (Å²) in [4.78, 5) is 6.78. The lowest BCUT2D eigenvalue weighted by molar-refractivity contribution is -0.0407. The van der Waals surface area contributed by atoms with E-state index < -0.39 is 0 Å². The maximum atomic E-state index is 5.93. The average molecular weight is 330 g/mol. The number of nitrogens with zero attached hydrogens (tertiary/aromatic N) is 4. The average Bonchev–Trinajstić information content (AvgIpc) is 2.85. The topological polar surface area (TPSA) is 52.4 Å². The molecule has 1 aromatic heterocycles. The van der Waals surface area contributed by atoms with Crippen LogP contribution in [0, 0.1) is 20.8 Å². The van der Waals surface area contributed by atoms with Crippen molar-refractivity contribution in [3.05, 3.63) is 41.0 Å². The van der Waals surface area contributed by atoms with E-state index in [1.54, 1.807) is 7.11 Å². The van der Waals surface area contributed by atoms with Crippen LogP contribution in [0.2, 0.25) is 0 Å². The van der Waals surface area contributed by atoms with Gasteiger partial charge in [-0.1, -0.05) is 17.7 Å². The second-order valence-electron chi connectivity index (χ2n) is 6.43. The number of methoxy groups -OCH3 is 1. The Hall–Kier alpha value is -1.92. The lowest BCUT2D eigenvalue weighted by atomic mass is 10.1. The van der Waals surface area contributed by atoms with Crippen LogP contribution in [0.1, 0.15) is 22.8 Å². The second kappa shape index (κ2) is 7.32. The molecule has 6 nitrogen and oxygen atoms in total. The summed E-state index contributed by atoms with van der Waals surface area (Å²) in [7, 11) is 1.73. The highest BCUT2D eigenvalue weighted by Crippen LogP contribution is 2.22. The Balaban J connectivity index is 1.65. The summed E-state index contributed by atoms with van der Waals surface area (Å²) < 4.78 is 13.4. The Kier molecular flexibility index (Phi) is 5.16. The Labute approximate surface area is 143 Å². The van der Waals surface area contributed by atoms with E-state index in [-0.39, 0.29) is 6.10 Å². The maximum absolute atomic E-state index is 5.93. The van der Waals surface area contributed by atoms with Crippen molar-refractivity contribution in [2.75, 3.05) is 26.8 Å². The lowest BCUT2D eigenvalue weighted by Crippen LogP contribution is -2.44. The molecule has 1 unspecified atom stereocenters. The zero-order valence-electron chi connectivity index (χ0n) is 15.0. The minimum Gasteiger partial charge on any atom is -0.496 e. The van der Waals surface area contributed by atoms with Gasteiger partial charge < -0.3 is 9.47 Å². The highest BCUT2D eigenvalue weighted by Gasteiger charge is 2.23. The van der Waals surface area contributed by atoms with E-state index in [1.165, 1.54) is 11.1 Å². The van der Waals surface area contributed by atoms with Crippen molar-refractivity contribution in [1.29, 1.82) is 0 Å². The highest BCUT2D eigenvalue weighted by atomic mass is 16.5. The lowest BCUT2D eigenvalue weighted by Gasteiger charge is -2.33. The standard InChI is InChI=1S/C18H26N4O2/c1-13-5-6-18(23-4)16(9-13)10-21-7-8-24-17(11-21)12-22-15(3)19-14(2)20-22/h5-6,9,17H,7-8,10-12H2,1-4H3. The number of benzene rings is 1. The number of hydrogen-bond donors (Lipinski definition) is 0. The number of ether oxygens (including phenoxy) is 2. The smallest absolute Gasteiger partial charge is 0.147 e. The molecule has 6 heteroatoms. The van der Waals surface area contributed by atoms with Crippen LogP contribution in [0.4, 0.5) is 0 Å². The molecule has 1 saturated heterocycles. The molecular weight excluding hydrogens is 304 g/mol. The number of rotatable bonds is 5. The van der Waals surface area contributed by atoms with Gasteiger partial charge in [0.05, 0.1) is 26.4 Å². The molecule has 0 spiro atoms. The molecule has 1 fully saturated rings. The predicted octanol–water partition coefficient (Wildman–Crippen LogP) is 2.11. The first-order valence-electron chi connectivity index (χ1n) is 8.40. The molecule has 2 heterocycles. The largest absolute Gasteiger partial charge is 0.496 e. The van der Waals surface area contributed by atoms with Gasteiger partial charge in [-0.15, -0.1) is 0 Å². The minimum atomic E-state index is 0.134. The number of aromatic nitrogens is 3. The van der Waals surface area contributed by atoms with Gasteiger partial charge in [-0.25, -0.2) is 9.67 Å². The molecule has 1 aromatic carbocycles. The van der Waals surface area contributed by atoms with Crippen molar-refractivity contribution in [3.63, 3.8) is 0 Å². The third kappa shape index (κ3) is 3.94. The fourth-order valence-electron chi connectivity index (χ4n) is 3.23. The van der Waals surface area contributed by atoms with E-state index in [1.807, 2.05) is 24.6 Å². The summed E-state index contributed by atoms with van der Waals surface area (Å²) in [5.41, 5.74) is 2.48. The zero-order valence-corrected chi connectivity index (χ0v) is 15.0.